The van der Waals surface area contributed by atoms with Crippen molar-refractivity contribution in [1.29, 1.82) is 0 Å². The number of benzene rings is 1. The van der Waals surface area contributed by atoms with Gasteiger partial charge >= 0.3 is 5.97 Å². The van der Waals surface area contributed by atoms with Crippen LogP contribution in [0.1, 0.15) is 81.1 Å². The van der Waals surface area contributed by atoms with E-state index in [-0.39, 0.29) is 36.8 Å². The number of rotatable bonds is 11. The molecule has 2 aromatic rings. The van der Waals surface area contributed by atoms with Gasteiger partial charge in [-0.2, -0.15) is 0 Å². The van der Waals surface area contributed by atoms with Crippen molar-refractivity contribution < 1.29 is 19.4 Å². The molecule has 0 unspecified atom stereocenters. The first-order valence-corrected chi connectivity index (χ1v) is 11.7. The number of aromatic nitrogens is 1. The van der Waals surface area contributed by atoms with E-state index < -0.39 is 5.60 Å². The van der Waals surface area contributed by atoms with E-state index in [0.29, 0.717) is 18.0 Å². The number of hydrogen-bond acceptors (Lipinski definition) is 5. The van der Waals surface area contributed by atoms with Gasteiger partial charge in [0, 0.05) is 31.2 Å². The minimum absolute atomic E-state index is 0.165. The van der Waals surface area contributed by atoms with Gasteiger partial charge in [0.15, 0.2) is 0 Å². The molecule has 0 spiro atoms. The quantitative estimate of drug-likeness (QED) is 0.353. The average molecular weight is 458 g/mol. The summed E-state index contributed by atoms with van der Waals surface area (Å²) in [5.41, 5.74) is 7.72. The first-order valence-electron chi connectivity index (χ1n) is 11.7. The van der Waals surface area contributed by atoms with Crippen LogP contribution in [-0.2, 0) is 16.8 Å². The Labute approximate surface area is 197 Å². The van der Waals surface area contributed by atoms with Gasteiger partial charge in [-0.3, -0.25) is 9.59 Å². The van der Waals surface area contributed by atoms with Gasteiger partial charge in [0.1, 0.15) is 11.4 Å². The van der Waals surface area contributed by atoms with Gasteiger partial charge < -0.3 is 25.5 Å². The Balaban J connectivity index is 2.53. The monoisotopic (exact) mass is 457 g/mol. The topological polar surface area (TPSA) is 107 Å². The zero-order valence-electron chi connectivity index (χ0n) is 20.8. The van der Waals surface area contributed by atoms with E-state index in [9.17, 15) is 14.7 Å². The molecule has 0 aliphatic rings. The lowest BCUT2D eigenvalue weighted by Crippen LogP contribution is -2.38. The zero-order valence-corrected chi connectivity index (χ0v) is 20.8. The second-order valence-electron chi connectivity index (χ2n) is 9.13. The summed E-state index contributed by atoms with van der Waals surface area (Å²) in [4.78, 5) is 25.0. The maximum absolute atomic E-state index is 12.9. The molecule has 0 saturated heterocycles. The van der Waals surface area contributed by atoms with Crippen LogP contribution in [0.3, 0.4) is 0 Å². The highest BCUT2D eigenvalue weighted by molar-refractivity contribution is 5.93. The lowest BCUT2D eigenvalue weighted by atomic mass is 9.70. The molecular formula is C26H39N3O4. The predicted octanol–water partition coefficient (Wildman–Crippen LogP) is 3.68. The summed E-state index contributed by atoms with van der Waals surface area (Å²) < 4.78 is 7.53. The fourth-order valence-electron chi connectivity index (χ4n) is 4.34. The van der Waals surface area contributed by atoms with E-state index in [2.05, 4.69) is 25.2 Å². The van der Waals surface area contributed by atoms with Gasteiger partial charge in [0.05, 0.1) is 12.0 Å². The molecule has 1 aromatic carbocycles. The number of amides is 1. The smallest absolute Gasteiger partial charge is 0.312 e. The Kier molecular flexibility index (Phi) is 8.86. The summed E-state index contributed by atoms with van der Waals surface area (Å²) in [5, 5.41) is 12.8. The number of aliphatic hydroxyl groups is 1. The number of nitrogens with two attached hydrogens (primary N) is 1. The Morgan fingerprint density at radius 2 is 1.85 bits per heavy atom. The Bertz CT molecular complexity index is 968. The molecule has 0 aliphatic heterocycles. The van der Waals surface area contributed by atoms with Crippen molar-refractivity contribution >= 4 is 11.9 Å². The number of ether oxygens (including phenoxy) is 1. The number of aryl methyl sites for hydroxylation is 1. The van der Waals surface area contributed by atoms with Crippen molar-refractivity contribution in [3.8, 4) is 5.75 Å². The van der Waals surface area contributed by atoms with Gasteiger partial charge in [-0.15, -0.1) is 0 Å². The Hall–Kier alpha value is -2.64. The lowest BCUT2D eigenvalue weighted by molar-refractivity contribution is -0.134. The third-order valence-corrected chi connectivity index (χ3v) is 6.28. The summed E-state index contributed by atoms with van der Waals surface area (Å²) in [6.45, 7) is 12.6. The second-order valence-corrected chi connectivity index (χ2v) is 9.13. The molecule has 7 heteroatoms. The molecule has 0 aliphatic carbocycles. The second kappa shape index (κ2) is 11.0. The first-order chi connectivity index (χ1) is 15.5. The van der Waals surface area contributed by atoms with E-state index in [1.54, 1.807) is 19.9 Å². The minimum atomic E-state index is -0.988. The molecule has 33 heavy (non-hydrogen) atoms. The summed E-state index contributed by atoms with van der Waals surface area (Å²) >= 11 is 0. The number of carbonyl (C=O) groups is 2. The summed E-state index contributed by atoms with van der Waals surface area (Å²) in [6.07, 6.45) is 3.82. The van der Waals surface area contributed by atoms with Gasteiger partial charge in [-0.05, 0) is 69.4 Å². The van der Waals surface area contributed by atoms with E-state index in [1.165, 1.54) is 0 Å². The first kappa shape index (κ1) is 26.6. The van der Waals surface area contributed by atoms with Crippen molar-refractivity contribution in [2.45, 2.75) is 78.4 Å². The predicted molar refractivity (Wildman–Crippen MR) is 131 cm³/mol. The molecule has 0 radical (unpaired) electrons. The maximum Gasteiger partial charge on any atom is 0.312 e. The van der Waals surface area contributed by atoms with Crippen LogP contribution in [0.4, 0.5) is 0 Å². The van der Waals surface area contributed by atoms with Crippen LogP contribution in [0, 0.1) is 6.92 Å². The lowest BCUT2D eigenvalue weighted by Gasteiger charge is -2.34. The van der Waals surface area contributed by atoms with Crippen LogP contribution < -0.4 is 15.8 Å². The fraction of sp³-hybridized carbons (Fsp3) is 0.538. The van der Waals surface area contributed by atoms with Gasteiger partial charge in [0.25, 0.3) is 5.91 Å². The molecule has 1 amide bonds. The van der Waals surface area contributed by atoms with E-state index in [1.807, 2.05) is 36.7 Å². The number of esters is 1. The number of carbonyl (C=O) groups excluding carboxylic acids is 2. The van der Waals surface area contributed by atoms with Crippen LogP contribution >= 0.6 is 0 Å². The number of nitrogens with zero attached hydrogens (tertiary/aromatic N) is 1. The van der Waals surface area contributed by atoms with Crippen molar-refractivity contribution in [3.63, 3.8) is 0 Å². The molecule has 1 aromatic heterocycles. The number of nitrogens with one attached hydrogen (secondary N) is 1. The third kappa shape index (κ3) is 6.03. The molecule has 0 saturated carbocycles. The molecule has 1 heterocycles. The van der Waals surface area contributed by atoms with Crippen LogP contribution in [0.25, 0.3) is 0 Å². The fourth-order valence-corrected chi connectivity index (χ4v) is 4.34. The highest BCUT2D eigenvalue weighted by atomic mass is 16.5. The van der Waals surface area contributed by atoms with Crippen LogP contribution in [0.5, 0.6) is 5.75 Å². The maximum atomic E-state index is 12.9. The largest absolute Gasteiger partial charge is 0.426 e. The van der Waals surface area contributed by atoms with E-state index in [4.69, 9.17) is 10.5 Å². The van der Waals surface area contributed by atoms with Crippen LogP contribution in [0.15, 0.2) is 30.5 Å². The van der Waals surface area contributed by atoms with Crippen molar-refractivity contribution in [3.05, 3.63) is 52.8 Å². The molecule has 4 N–H and O–H groups in total. The SMILES string of the molecule is CCn1cc(C(CC)(CC)c2cccc(OC(=O)CCN)c2C)cc1C(=O)NCC(C)(C)O. The summed E-state index contributed by atoms with van der Waals surface area (Å²) in [6, 6.07) is 7.72. The number of hydrogen-bond donors (Lipinski definition) is 3. The normalized spacial score (nSPS) is 12.0. The van der Waals surface area contributed by atoms with Crippen molar-refractivity contribution in [2.24, 2.45) is 5.73 Å². The molecule has 182 valence electrons. The third-order valence-electron chi connectivity index (χ3n) is 6.28. The van der Waals surface area contributed by atoms with E-state index in [0.717, 1.165) is 29.5 Å². The van der Waals surface area contributed by atoms with E-state index >= 15 is 0 Å². The highest BCUT2D eigenvalue weighted by Gasteiger charge is 2.35. The van der Waals surface area contributed by atoms with Gasteiger partial charge in [-0.25, -0.2) is 0 Å². The van der Waals surface area contributed by atoms with Crippen LogP contribution in [0.2, 0.25) is 0 Å². The molecule has 7 nitrogen and oxygen atoms in total. The van der Waals surface area contributed by atoms with Crippen molar-refractivity contribution in [1.82, 2.24) is 9.88 Å². The summed E-state index contributed by atoms with van der Waals surface area (Å²) in [5.74, 6) is -0.0259. The average Bonchev–Trinajstić information content (AvgIpc) is 3.20. The highest BCUT2D eigenvalue weighted by Crippen LogP contribution is 2.43. The Morgan fingerprint density at radius 3 is 2.39 bits per heavy atom. The van der Waals surface area contributed by atoms with Gasteiger partial charge in [0.2, 0.25) is 0 Å². The Morgan fingerprint density at radius 1 is 1.18 bits per heavy atom. The molecule has 0 fully saturated rings. The minimum Gasteiger partial charge on any atom is -0.426 e. The summed E-state index contributed by atoms with van der Waals surface area (Å²) in [7, 11) is 0. The molecular weight excluding hydrogens is 418 g/mol. The zero-order chi connectivity index (χ0) is 24.8. The van der Waals surface area contributed by atoms with Crippen LogP contribution in [-0.4, -0.2) is 40.2 Å². The standard InChI is InChI=1S/C26H39N3O4/c1-7-26(8-2,20-11-10-12-22(18(20)4)33-23(30)13-14-27)19-15-21(29(9-3)16-19)24(31)28-17-25(5,6)32/h10-12,15-16,32H,7-9,13-14,17,27H2,1-6H3,(H,28,31). The van der Waals surface area contributed by atoms with Crippen molar-refractivity contribution in [2.75, 3.05) is 13.1 Å². The molecule has 2 rings (SSSR count). The molecule has 0 bridgehead atoms. The molecule has 0 atom stereocenters. The van der Waals surface area contributed by atoms with Gasteiger partial charge in [-0.1, -0.05) is 26.0 Å².